The highest BCUT2D eigenvalue weighted by Crippen LogP contribution is 2.32. The van der Waals surface area contributed by atoms with Gasteiger partial charge >= 0.3 is 0 Å². The lowest BCUT2D eigenvalue weighted by atomic mass is 10.1. The van der Waals surface area contributed by atoms with Gasteiger partial charge in [0.15, 0.2) is 0 Å². The number of nitrogens with one attached hydrogen (secondary N) is 1. The molecule has 1 unspecified atom stereocenters. The number of ether oxygens (including phenoxy) is 1. The van der Waals surface area contributed by atoms with Crippen LogP contribution >= 0.6 is 0 Å². The van der Waals surface area contributed by atoms with Crippen molar-refractivity contribution in [1.29, 1.82) is 0 Å². The monoisotopic (exact) mass is 404 g/mol. The fraction of sp³-hybridized carbons (Fsp3) is 0.391. The Morgan fingerprint density at radius 1 is 1.07 bits per heavy atom. The number of aromatic nitrogens is 4. The van der Waals surface area contributed by atoms with Crippen molar-refractivity contribution in [3.05, 3.63) is 71.6 Å². The van der Waals surface area contributed by atoms with E-state index in [1.165, 1.54) is 0 Å². The van der Waals surface area contributed by atoms with Gasteiger partial charge in [-0.3, -0.25) is 4.90 Å². The number of rotatable bonds is 8. The summed E-state index contributed by atoms with van der Waals surface area (Å²) in [5.41, 5.74) is 3.19. The molecule has 30 heavy (non-hydrogen) atoms. The second-order valence-electron chi connectivity index (χ2n) is 7.62. The molecule has 0 aromatic carbocycles. The summed E-state index contributed by atoms with van der Waals surface area (Å²) >= 11 is 0. The van der Waals surface area contributed by atoms with Crippen LogP contribution in [0.25, 0.3) is 0 Å². The zero-order valence-electron chi connectivity index (χ0n) is 17.6. The Bertz CT molecular complexity index is 962. The molecule has 0 bridgehead atoms. The predicted octanol–water partition coefficient (Wildman–Crippen LogP) is 3.84. The summed E-state index contributed by atoms with van der Waals surface area (Å²) in [5.74, 6) is 2.46. The quantitative estimate of drug-likeness (QED) is 0.611. The topological polar surface area (TPSA) is 76.1 Å². The molecule has 3 aromatic heterocycles. The molecule has 1 atom stereocenters. The van der Waals surface area contributed by atoms with Crippen molar-refractivity contribution < 1.29 is 4.74 Å². The largest absolute Gasteiger partial charge is 0.384 e. The first-order valence-corrected chi connectivity index (χ1v) is 10.4. The minimum Gasteiger partial charge on any atom is -0.384 e. The Hall–Kier alpha value is -2.90. The van der Waals surface area contributed by atoms with Crippen LogP contribution < -0.4 is 5.32 Å². The normalized spacial score (nSPS) is 16.7. The van der Waals surface area contributed by atoms with E-state index < -0.39 is 0 Å². The van der Waals surface area contributed by atoms with Gasteiger partial charge in [0.1, 0.15) is 17.5 Å². The van der Waals surface area contributed by atoms with Crippen LogP contribution in [-0.2, 0) is 17.7 Å². The number of aryl methyl sites for hydroxylation is 1. The zero-order chi connectivity index (χ0) is 20.8. The molecule has 0 amide bonds. The van der Waals surface area contributed by atoms with Gasteiger partial charge in [-0.15, -0.1) is 0 Å². The molecule has 4 heterocycles. The standard InChI is InChI=1S/C23H28N6O/c1-17-6-3-9-22(26-17)28-23-10-4-7-19(27-23)20-8-5-12-29(20)16-18-14-24-21(25-15-18)11-13-30-2/h3-4,6-7,9-10,14-15,20H,5,8,11-13,16H2,1-2H3,(H,26,27,28). The molecule has 3 aromatic rings. The maximum absolute atomic E-state index is 5.10. The molecule has 1 fully saturated rings. The van der Waals surface area contributed by atoms with E-state index in [1.54, 1.807) is 7.11 Å². The summed E-state index contributed by atoms with van der Waals surface area (Å²) in [5, 5.41) is 3.33. The third-order valence-electron chi connectivity index (χ3n) is 5.29. The lowest BCUT2D eigenvalue weighted by Crippen LogP contribution is -2.24. The molecule has 1 aliphatic rings. The van der Waals surface area contributed by atoms with Gasteiger partial charge < -0.3 is 10.1 Å². The second-order valence-corrected chi connectivity index (χ2v) is 7.62. The van der Waals surface area contributed by atoms with Crippen molar-refractivity contribution in [2.24, 2.45) is 0 Å². The maximum atomic E-state index is 5.10. The molecule has 0 aliphatic carbocycles. The lowest BCUT2D eigenvalue weighted by molar-refractivity contribution is 0.200. The first-order chi connectivity index (χ1) is 14.7. The lowest BCUT2D eigenvalue weighted by Gasteiger charge is -2.24. The first-order valence-electron chi connectivity index (χ1n) is 10.4. The molecule has 7 nitrogen and oxygen atoms in total. The van der Waals surface area contributed by atoms with Gasteiger partial charge in [-0.2, -0.15) is 0 Å². The summed E-state index contributed by atoms with van der Waals surface area (Å²) in [7, 11) is 1.69. The van der Waals surface area contributed by atoms with E-state index in [0.717, 1.165) is 66.8 Å². The minimum atomic E-state index is 0.297. The maximum Gasteiger partial charge on any atom is 0.131 e. The van der Waals surface area contributed by atoms with E-state index in [4.69, 9.17) is 9.72 Å². The molecule has 7 heteroatoms. The SMILES string of the molecule is COCCc1ncc(CN2CCCC2c2cccc(Nc3cccc(C)n3)n2)cn1. The van der Waals surface area contributed by atoms with E-state index in [9.17, 15) is 0 Å². The van der Waals surface area contributed by atoms with Crippen LogP contribution in [0.1, 0.15) is 41.7 Å². The number of pyridine rings is 2. The van der Waals surface area contributed by atoms with Gasteiger partial charge in [-0.05, 0) is 50.6 Å². The van der Waals surface area contributed by atoms with Gasteiger partial charge in [0.2, 0.25) is 0 Å². The van der Waals surface area contributed by atoms with E-state index in [2.05, 4.69) is 37.3 Å². The molecule has 0 radical (unpaired) electrons. The van der Waals surface area contributed by atoms with Gasteiger partial charge in [-0.1, -0.05) is 12.1 Å². The summed E-state index contributed by atoms with van der Waals surface area (Å²) < 4.78 is 5.10. The molecule has 1 aliphatic heterocycles. The molecule has 0 saturated carbocycles. The fourth-order valence-electron chi connectivity index (χ4n) is 3.82. The molecule has 156 valence electrons. The molecular formula is C23H28N6O. The number of hydrogen-bond donors (Lipinski definition) is 1. The summed E-state index contributed by atoms with van der Waals surface area (Å²) in [6.07, 6.45) is 6.87. The predicted molar refractivity (Wildman–Crippen MR) is 116 cm³/mol. The van der Waals surface area contributed by atoms with Crippen LogP contribution in [0.3, 0.4) is 0 Å². The van der Waals surface area contributed by atoms with Crippen LogP contribution in [0.4, 0.5) is 11.6 Å². The zero-order valence-corrected chi connectivity index (χ0v) is 17.6. The number of anilines is 2. The van der Waals surface area contributed by atoms with Crippen LogP contribution in [-0.4, -0.2) is 45.1 Å². The van der Waals surface area contributed by atoms with Crippen LogP contribution in [0.5, 0.6) is 0 Å². The Morgan fingerprint density at radius 3 is 2.60 bits per heavy atom. The Balaban J connectivity index is 1.44. The van der Waals surface area contributed by atoms with Crippen molar-refractivity contribution in [3.8, 4) is 0 Å². The molecule has 4 rings (SSSR count). The average molecular weight is 405 g/mol. The van der Waals surface area contributed by atoms with Gasteiger partial charge in [0.25, 0.3) is 0 Å². The molecule has 1 saturated heterocycles. The van der Waals surface area contributed by atoms with Crippen molar-refractivity contribution in [1.82, 2.24) is 24.8 Å². The van der Waals surface area contributed by atoms with E-state index in [0.29, 0.717) is 12.6 Å². The smallest absolute Gasteiger partial charge is 0.131 e. The minimum absolute atomic E-state index is 0.297. The number of methoxy groups -OCH3 is 1. The molecular weight excluding hydrogens is 376 g/mol. The molecule has 1 N–H and O–H groups in total. The average Bonchev–Trinajstić information content (AvgIpc) is 3.22. The number of likely N-dealkylation sites (tertiary alicyclic amines) is 1. The second kappa shape index (κ2) is 9.73. The van der Waals surface area contributed by atoms with E-state index >= 15 is 0 Å². The highest BCUT2D eigenvalue weighted by molar-refractivity contribution is 5.51. The summed E-state index contributed by atoms with van der Waals surface area (Å²) in [6, 6.07) is 12.4. The number of nitrogens with zero attached hydrogens (tertiary/aromatic N) is 5. The summed E-state index contributed by atoms with van der Waals surface area (Å²) in [4.78, 5) is 20.8. The molecule has 0 spiro atoms. The first kappa shape index (κ1) is 20.4. The van der Waals surface area contributed by atoms with Crippen molar-refractivity contribution in [2.75, 3.05) is 25.6 Å². The Kier molecular flexibility index (Phi) is 6.61. The Labute approximate surface area is 177 Å². The van der Waals surface area contributed by atoms with Crippen molar-refractivity contribution in [3.63, 3.8) is 0 Å². The van der Waals surface area contributed by atoms with Gasteiger partial charge in [-0.25, -0.2) is 19.9 Å². The van der Waals surface area contributed by atoms with Crippen molar-refractivity contribution >= 4 is 11.6 Å². The van der Waals surface area contributed by atoms with Crippen LogP contribution in [0.15, 0.2) is 48.8 Å². The Morgan fingerprint density at radius 2 is 1.83 bits per heavy atom. The van der Waals surface area contributed by atoms with E-state index in [1.807, 2.05) is 43.6 Å². The number of hydrogen-bond acceptors (Lipinski definition) is 7. The third kappa shape index (κ3) is 5.17. The van der Waals surface area contributed by atoms with Crippen molar-refractivity contribution in [2.45, 2.75) is 38.8 Å². The fourth-order valence-corrected chi connectivity index (χ4v) is 3.82. The summed E-state index contributed by atoms with van der Waals surface area (Å²) in [6.45, 7) is 4.50. The highest BCUT2D eigenvalue weighted by Gasteiger charge is 2.27. The third-order valence-corrected chi connectivity index (χ3v) is 5.29. The van der Waals surface area contributed by atoms with E-state index in [-0.39, 0.29) is 0 Å². The van der Waals surface area contributed by atoms with Crippen LogP contribution in [0, 0.1) is 6.92 Å². The highest BCUT2D eigenvalue weighted by atomic mass is 16.5. The van der Waals surface area contributed by atoms with Crippen LogP contribution in [0.2, 0.25) is 0 Å². The van der Waals surface area contributed by atoms with Gasteiger partial charge in [0, 0.05) is 43.7 Å². The van der Waals surface area contributed by atoms with Gasteiger partial charge in [0.05, 0.1) is 18.3 Å².